The smallest absolute Gasteiger partial charge is 0.223 e. The van der Waals surface area contributed by atoms with E-state index in [-0.39, 0.29) is 18.3 Å². The van der Waals surface area contributed by atoms with Gasteiger partial charge >= 0.3 is 0 Å². The second kappa shape index (κ2) is 10.6. The Balaban J connectivity index is 0.00000288. The van der Waals surface area contributed by atoms with Gasteiger partial charge in [0.1, 0.15) is 5.75 Å². The molecule has 0 radical (unpaired) electrons. The molecule has 0 saturated carbocycles. The van der Waals surface area contributed by atoms with Crippen molar-refractivity contribution in [3.8, 4) is 5.75 Å². The first-order valence-corrected chi connectivity index (χ1v) is 8.75. The minimum Gasteiger partial charge on any atom is -0.497 e. The lowest BCUT2D eigenvalue weighted by Crippen LogP contribution is -2.35. The molecule has 1 atom stereocenters. The fourth-order valence-corrected chi connectivity index (χ4v) is 3.31. The molecule has 4 nitrogen and oxygen atoms in total. The summed E-state index contributed by atoms with van der Waals surface area (Å²) in [6.07, 6.45) is 3.05. The number of methoxy groups -OCH3 is 1. The molecule has 5 heteroatoms. The number of amides is 1. The van der Waals surface area contributed by atoms with Gasteiger partial charge in [0, 0.05) is 19.5 Å². The highest BCUT2D eigenvalue weighted by molar-refractivity contribution is 5.85. The lowest BCUT2D eigenvalue weighted by molar-refractivity contribution is -0.133. The maximum absolute atomic E-state index is 12.6. The summed E-state index contributed by atoms with van der Waals surface area (Å²) in [6.45, 7) is 7.90. The molecule has 24 heavy (non-hydrogen) atoms. The zero-order chi connectivity index (χ0) is 16.7. The first-order valence-electron chi connectivity index (χ1n) is 8.75. The molecule has 1 amide bonds. The van der Waals surface area contributed by atoms with Crippen molar-refractivity contribution in [2.45, 2.75) is 39.7 Å². The van der Waals surface area contributed by atoms with Crippen molar-refractivity contribution in [2.75, 3.05) is 26.7 Å². The zero-order valence-electron chi connectivity index (χ0n) is 15.1. The van der Waals surface area contributed by atoms with Crippen LogP contribution in [0, 0.1) is 11.8 Å². The first kappa shape index (κ1) is 20.8. The molecular weight excluding hydrogens is 324 g/mol. The van der Waals surface area contributed by atoms with E-state index in [0.29, 0.717) is 24.8 Å². The number of halogens is 1. The molecule has 1 N–H and O–H groups in total. The molecule has 0 spiro atoms. The van der Waals surface area contributed by atoms with Gasteiger partial charge in [-0.1, -0.05) is 19.1 Å². The van der Waals surface area contributed by atoms with Crippen molar-refractivity contribution in [3.05, 3.63) is 29.8 Å². The summed E-state index contributed by atoms with van der Waals surface area (Å²) in [5.41, 5.74) is 1.15. The Hall–Kier alpha value is -1.26. The number of rotatable bonds is 7. The van der Waals surface area contributed by atoms with Gasteiger partial charge in [-0.3, -0.25) is 4.79 Å². The molecule has 136 valence electrons. The Bertz CT molecular complexity index is 487. The maximum atomic E-state index is 12.6. The molecule has 1 heterocycles. The lowest BCUT2D eigenvalue weighted by atomic mass is 9.84. The number of ether oxygens (including phenoxy) is 1. The van der Waals surface area contributed by atoms with Gasteiger partial charge in [0.15, 0.2) is 0 Å². The Morgan fingerprint density at radius 3 is 2.46 bits per heavy atom. The van der Waals surface area contributed by atoms with E-state index in [1.165, 1.54) is 12.8 Å². The van der Waals surface area contributed by atoms with Crippen LogP contribution in [0.1, 0.15) is 38.7 Å². The third kappa shape index (κ3) is 5.99. The van der Waals surface area contributed by atoms with E-state index in [1.54, 1.807) is 7.11 Å². The van der Waals surface area contributed by atoms with Gasteiger partial charge in [0.05, 0.1) is 7.11 Å². The average molecular weight is 355 g/mol. The Kier molecular flexibility index (Phi) is 9.16. The number of carbonyl (C=O) groups is 1. The highest BCUT2D eigenvalue weighted by atomic mass is 35.5. The summed E-state index contributed by atoms with van der Waals surface area (Å²) in [5, 5.41) is 3.39. The number of nitrogens with zero attached hydrogens (tertiary/aromatic N) is 1. The normalized spacial score (nSPS) is 16.1. The number of carbonyl (C=O) groups excluding carboxylic acids is 1. The molecule has 1 aromatic rings. The summed E-state index contributed by atoms with van der Waals surface area (Å²) in [6, 6.07) is 7.96. The van der Waals surface area contributed by atoms with Gasteiger partial charge in [-0.25, -0.2) is 0 Å². The van der Waals surface area contributed by atoms with E-state index in [9.17, 15) is 4.79 Å². The number of piperidine rings is 1. The van der Waals surface area contributed by atoms with Crippen molar-refractivity contribution < 1.29 is 9.53 Å². The van der Waals surface area contributed by atoms with Crippen molar-refractivity contribution in [3.63, 3.8) is 0 Å². The fraction of sp³-hybridized carbons (Fsp3) is 0.632. The number of nitrogens with one attached hydrogen (secondary N) is 1. The van der Waals surface area contributed by atoms with Crippen LogP contribution in [0.3, 0.4) is 0 Å². The van der Waals surface area contributed by atoms with Gasteiger partial charge in [0.25, 0.3) is 0 Å². The van der Waals surface area contributed by atoms with Gasteiger partial charge in [-0.15, -0.1) is 12.4 Å². The van der Waals surface area contributed by atoms with E-state index < -0.39 is 0 Å². The number of hydrogen-bond acceptors (Lipinski definition) is 3. The molecule has 2 rings (SSSR count). The third-order valence-electron chi connectivity index (χ3n) is 4.95. The summed E-state index contributed by atoms with van der Waals surface area (Å²) in [4.78, 5) is 14.6. The summed E-state index contributed by atoms with van der Waals surface area (Å²) in [7, 11) is 1.67. The van der Waals surface area contributed by atoms with Crippen molar-refractivity contribution in [1.82, 2.24) is 10.2 Å². The Labute approximate surface area is 152 Å². The topological polar surface area (TPSA) is 41.6 Å². The predicted octanol–water partition coefficient (Wildman–Crippen LogP) is 3.49. The minimum atomic E-state index is 0. The average Bonchev–Trinajstić information content (AvgIpc) is 2.60. The quantitative estimate of drug-likeness (QED) is 0.814. The summed E-state index contributed by atoms with van der Waals surface area (Å²) >= 11 is 0. The molecule has 0 bridgehead atoms. The van der Waals surface area contributed by atoms with Crippen LogP contribution in [0.2, 0.25) is 0 Å². The molecule has 1 fully saturated rings. The SMILES string of the molecule is CCN(Cc1ccc(OC)cc1)C(=O)CC(C)C1CCNCC1.Cl. The van der Waals surface area contributed by atoms with Crippen LogP contribution in [0.25, 0.3) is 0 Å². The van der Waals surface area contributed by atoms with E-state index in [4.69, 9.17) is 4.74 Å². The molecule has 1 aromatic carbocycles. The van der Waals surface area contributed by atoms with Gasteiger partial charge in [0.2, 0.25) is 5.91 Å². The Morgan fingerprint density at radius 1 is 1.29 bits per heavy atom. The molecule has 1 aliphatic rings. The molecule has 0 aliphatic carbocycles. The monoisotopic (exact) mass is 354 g/mol. The molecular formula is C19H31ClN2O2. The maximum Gasteiger partial charge on any atom is 0.223 e. The van der Waals surface area contributed by atoms with Crippen molar-refractivity contribution in [2.24, 2.45) is 11.8 Å². The standard InChI is InChI=1S/C19H30N2O2.ClH/c1-4-21(14-16-5-7-18(23-3)8-6-16)19(22)13-15(2)17-9-11-20-12-10-17;/h5-8,15,17,20H,4,9-14H2,1-3H3;1H. The van der Waals surface area contributed by atoms with Crippen LogP contribution >= 0.6 is 12.4 Å². The minimum absolute atomic E-state index is 0. The summed E-state index contributed by atoms with van der Waals surface area (Å²) < 4.78 is 5.18. The molecule has 1 unspecified atom stereocenters. The van der Waals surface area contributed by atoms with E-state index in [0.717, 1.165) is 30.9 Å². The molecule has 1 aliphatic heterocycles. The van der Waals surface area contributed by atoms with Crippen molar-refractivity contribution >= 4 is 18.3 Å². The summed E-state index contributed by atoms with van der Waals surface area (Å²) in [5.74, 6) is 2.27. The van der Waals surface area contributed by atoms with E-state index in [1.807, 2.05) is 29.2 Å². The van der Waals surface area contributed by atoms with Crippen LogP contribution in [0.15, 0.2) is 24.3 Å². The van der Waals surface area contributed by atoms with Crippen LogP contribution in [0.5, 0.6) is 5.75 Å². The van der Waals surface area contributed by atoms with Gasteiger partial charge in [-0.2, -0.15) is 0 Å². The van der Waals surface area contributed by atoms with Gasteiger partial charge < -0.3 is 15.0 Å². The molecule has 1 saturated heterocycles. The fourth-order valence-electron chi connectivity index (χ4n) is 3.31. The number of benzene rings is 1. The first-order chi connectivity index (χ1) is 11.1. The van der Waals surface area contributed by atoms with Gasteiger partial charge in [-0.05, 0) is 62.4 Å². The van der Waals surface area contributed by atoms with Crippen LogP contribution in [-0.4, -0.2) is 37.6 Å². The van der Waals surface area contributed by atoms with E-state index >= 15 is 0 Å². The largest absolute Gasteiger partial charge is 0.497 e. The second-order valence-electron chi connectivity index (χ2n) is 6.52. The predicted molar refractivity (Wildman–Crippen MR) is 101 cm³/mol. The van der Waals surface area contributed by atoms with Crippen LogP contribution in [-0.2, 0) is 11.3 Å². The second-order valence-corrected chi connectivity index (χ2v) is 6.52. The number of hydrogen-bond donors (Lipinski definition) is 1. The van der Waals surface area contributed by atoms with Crippen molar-refractivity contribution in [1.29, 1.82) is 0 Å². The van der Waals surface area contributed by atoms with Crippen LogP contribution < -0.4 is 10.1 Å². The highest BCUT2D eigenvalue weighted by Crippen LogP contribution is 2.25. The molecule has 0 aromatic heterocycles. The third-order valence-corrected chi connectivity index (χ3v) is 4.95. The lowest BCUT2D eigenvalue weighted by Gasteiger charge is -2.30. The zero-order valence-corrected chi connectivity index (χ0v) is 15.9. The van der Waals surface area contributed by atoms with Crippen LogP contribution in [0.4, 0.5) is 0 Å². The Morgan fingerprint density at radius 2 is 1.92 bits per heavy atom. The van der Waals surface area contributed by atoms with E-state index in [2.05, 4.69) is 19.2 Å². The highest BCUT2D eigenvalue weighted by Gasteiger charge is 2.24.